The summed E-state index contributed by atoms with van der Waals surface area (Å²) < 4.78 is 21.9. The first-order valence-corrected chi connectivity index (χ1v) is 9.04. The average Bonchev–Trinajstić information content (AvgIpc) is 2.38. The van der Waals surface area contributed by atoms with E-state index in [1.165, 1.54) is 0 Å². The fourth-order valence-electron chi connectivity index (χ4n) is 1.99. The van der Waals surface area contributed by atoms with Crippen LogP contribution in [0, 0.1) is 13.8 Å². The Hall–Kier alpha value is -1.89. The summed E-state index contributed by atoms with van der Waals surface area (Å²) in [6.45, 7) is 3.94. The third kappa shape index (κ3) is 7.21. The fourth-order valence-corrected chi connectivity index (χ4v) is 2.66. The van der Waals surface area contributed by atoms with Gasteiger partial charge in [-0.1, -0.05) is 17.2 Å². The van der Waals surface area contributed by atoms with Gasteiger partial charge in [-0.25, -0.2) is 8.42 Å². The predicted octanol–water partition coefficient (Wildman–Crippen LogP) is 0.584. The van der Waals surface area contributed by atoms with Crippen LogP contribution >= 0.6 is 0 Å². The van der Waals surface area contributed by atoms with E-state index in [-0.39, 0.29) is 30.7 Å². The molecule has 1 aromatic carbocycles. The Balaban J connectivity index is 2.36. The standard InChI is InChI=1S/C15H22N2O4S/c1-11-7-12(2)9-13(8-11)15(19)17-10-14(18)16-5-4-6-22(3,20)21/h7-9H,4-6,10H2,1-3H3,(H,16,18)(H,17,19). The van der Waals surface area contributed by atoms with Gasteiger partial charge in [-0.3, -0.25) is 9.59 Å². The second kappa shape index (κ2) is 7.93. The van der Waals surface area contributed by atoms with Crippen LogP contribution in [-0.4, -0.2) is 45.3 Å². The van der Waals surface area contributed by atoms with Crippen LogP contribution in [0.15, 0.2) is 18.2 Å². The Morgan fingerprint density at radius 1 is 1.05 bits per heavy atom. The van der Waals surface area contributed by atoms with E-state index < -0.39 is 9.84 Å². The minimum Gasteiger partial charge on any atom is -0.355 e. The van der Waals surface area contributed by atoms with E-state index in [1.54, 1.807) is 12.1 Å². The lowest BCUT2D eigenvalue weighted by Crippen LogP contribution is -2.37. The molecule has 0 saturated heterocycles. The second-order valence-corrected chi connectivity index (χ2v) is 7.65. The molecule has 0 saturated carbocycles. The number of nitrogens with one attached hydrogen (secondary N) is 2. The van der Waals surface area contributed by atoms with Crippen LogP contribution in [0.5, 0.6) is 0 Å². The van der Waals surface area contributed by atoms with Crippen molar-refractivity contribution in [3.05, 3.63) is 34.9 Å². The maximum Gasteiger partial charge on any atom is 0.251 e. The number of carbonyl (C=O) groups is 2. The number of carbonyl (C=O) groups excluding carboxylic acids is 2. The summed E-state index contributed by atoms with van der Waals surface area (Å²) in [6.07, 6.45) is 1.51. The van der Waals surface area contributed by atoms with Gasteiger partial charge in [0.2, 0.25) is 5.91 Å². The second-order valence-electron chi connectivity index (χ2n) is 5.39. The molecule has 1 aromatic rings. The largest absolute Gasteiger partial charge is 0.355 e. The highest BCUT2D eigenvalue weighted by Gasteiger charge is 2.09. The van der Waals surface area contributed by atoms with Crippen LogP contribution in [0.1, 0.15) is 27.9 Å². The number of hydrogen-bond acceptors (Lipinski definition) is 4. The van der Waals surface area contributed by atoms with Crippen molar-refractivity contribution < 1.29 is 18.0 Å². The van der Waals surface area contributed by atoms with E-state index in [0.29, 0.717) is 12.0 Å². The van der Waals surface area contributed by atoms with Crippen LogP contribution in [0.4, 0.5) is 0 Å². The summed E-state index contributed by atoms with van der Waals surface area (Å²) in [5.74, 6) is -0.619. The molecule has 2 N–H and O–H groups in total. The summed E-state index contributed by atoms with van der Waals surface area (Å²) in [7, 11) is -3.01. The van der Waals surface area contributed by atoms with Crippen LogP contribution < -0.4 is 10.6 Å². The van der Waals surface area contributed by atoms with Gasteiger partial charge in [-0.05, 0) is 32.4 Å². The minimum atomic E-state index is -3.01. The molecule has 0 fully saturated rings. The van der Waals surface area contributed by atoms with Gasteiger partial charge in [-0.15, -0.1) is 0 Å². The molecular formula is C15H22N2O4S. The molecule has 0 aliphatic carbocycles. The lowest BCUT2D eigenvalue weighted by atomic mass is 10.1. The quantitative estimate of drug-likeness (QED) is 0.717. The van der Waals surface area contributed by atoms with Gasteiger partial charge in [0.25, 0.3) is 5.91 Å². The lowest BCUT2D eigenvalue weighted by molar-refractivity contribution is -0.120. The molecule has 6 nitrogen and oxygen atoms in total. The van der Waals surface area contributed by atoms with E-state index in [9.17, 15) is 18.0 Å². The summed E-state index contributed by atoms with van der Waals surface area (Å²) >= 11 is 0. The Morgan fingerprint density at radius 2 is 1.64 bits per heavy atom. The number of aryl methyl sites for hydroxylation is 2. The number of benzene rings is 1. The number of rotatable bonds is 7. The van der Waals surface area contributed by atoms with Crippen molar-refractivity contribution in [3.63, 3.8) is 0 Å². The SMILES string of the molecule is Cc1cc(C)cc(C(=O)NCC(=O)NCCCS(C)(=O)=O)c1. The molecule has 0 bridgehead atoms. The maximum atomic E-state index is 11.9. The highest BCUT2D eigenvalue weighted by molar-refractivity contribution is 7.90. The molecule has 0 spiro atoms. The van der Waals surface area contributed by atoms with Crippen molar-refractivity contribution in [2.45, 2.75) is 20.3 Å². The molecule has 22 heavy (non-hydrogen) atoms. The minimum absolute atomic E-state index is 0.0300. The lowest BCUT2D eigenvalue weighted by Gasteiger charge is -2.08. The van der Waals surface area contributed by atoms with Gasteiger partial charge < -0.3 is 10.6 Å². The average molecular weight is 326 g/mol. The van der Waals surface area contributed by atoms with Gasteiger partial charge in [0.1, 0.15) is 9.84 Å². The normalized spacial score (nSPS) is 11.0. The molecule has 0 aliphatic heterocycles. The number of amides is 2. The van der Waals surface area contributed by atoms with Crippen LogP contribution in [0.3, 0.4) is 0 Å². The van der Waals surface area contributed by atoms with E-state index in [0.717, 1.165) is 17.4 Å². The third-order valence-electron chi connectivity index (χ3n) is 2.91. The van der Waals surface area contributed by atoms with Gasteiger partial charge >= 0.3 is 0 Å². The van der Waals surface area contributed by atoms with Crippen LogP contribution in [-0.2, 0) is 14.6 Å². The molecule has 0 aromatic heterocycles. The van der Waals surface area contributed by atoms with Crippen molar-refractivity contribution >= 4 is 21.7 Å². The summed E-state index contributed by atoms with van der Waals surface area (Å²) in [5, 5.41) is 5.11. The summed E-state index contributed by atoms with van der Waals surface area (Å²) in [5.41, 5.74) is 2.48. The Morgan fingerprint density at radius 3 is 2.18 bits per heavy atom. The first-order chi connectivity index (χ1) is 10.2. The molecule has 0 aliphatic rings. The topological polar surface area (TPSA) is 92.3 Å². The number of sulfone groups is 1. The molecule has 0 atom stereocenters. The first-order valence-electron chi connectivity index (χ1n) is 6.98. The van der Waals surface area contributed by atoms with E-state index in [2.05, 4.69) is 10.6 Å². The van der Waals surface area contributed by atoms with Crippen molar-refractivity contribution in [2.75, 3.05) is 25.1 Å². The maximum absolute atomic E-state index is 11.9. The van der Waals surface area contributed by atoms with Crippen molar-refractivity contribution in [1.29, 1.82) is 0 Å². The number of hydrogen-bond donors (Lipinski definition) is 2. The van der Waals surface area contributed by atoms with Gasteiger partial charge in [-0.2, -0.15) is 0 Å². The van der Waals surface area contributed by atoms with Crippen molar-refractivity contribution in [1.82, 2.24) is 10.6 Å². The predicted molar refractivity (Wildman–Crippen MR) is 85.6 cm³/mol. The molecule has 0 heterocycles. The van der Waals surface area contributed by atoms with E-state index in [1.807, 2.05) is 19.9 Å². The zero-order valence-corrected chi connectivity index (χ0v) is 13.9. The van der Waals surface area contributed by atoms with Gasteiger partial charge in [0.15, 0.2) is 0 Å². The zero-order chi connectivity index (χ0) is 16.8. The van der Waals surface area contributed by atoms with Gasteiger partial charge in [0.05, 0.1) is 12.3 Å². The van der Waals surface area contributed by atoms with E-state index >= 15 is 0 Å². The molecule has 0 unspecified atom stereocenters. The molecule has 7 heteroatoms. The van der Waals surface area contributed by atoms with Crippen LogP contribution in [0.25, 0.3) is 0 Å². The zero-order valence-electron chi connectivity index (χ0n) is 13.1. The smallest absolute Gasteiger partial charge is 0.251 e. The molecule has 2 amide bonds. The molecule has 0 radical (unpaired) electrons. The molecular weight excluding hydrogens is 304 g/mol. The van der Waals surface area contributed by atoms with E-state index in [4.69, 9.17) is 0 Å². The Bertz CT molecular complexity index is 633. The fraction of sp³-hybridized carbons (Fsp3) is 0.467. The third-order valence-corrected chi connectivity index (χ3v) is 3.94. The summed E-state index contributed by atoms with van der Waals surface area (Å²) in [4.78, 5) is 23.5. The highest BCUT2D eigenvalue weighted by atomic mass is 32.2. The highest BCUT2D eigenvalue weighted by Crippen LogP contribution is 2.08. The van der Waals surface area contributed by atoms with Crippen molar-refractivity contribution in [2.24, 2.45) is 0 Å². The van der Waals surface area contributed by atoms with Gasteiger partial charge in [0, 0.05) is 18.4 Å². The molecule has 1 rings (SSSR count). The Kier molecular flexibility index (Phi) is 6.55. The van der Waals surface area contributed by atoms with Crippen LogP contribution in [0.2, 0.25) is 0 Å². The Labute approximate surface area is 131 Å². The first kappa shape index (κ1) is 18.2. The summed E-state index contributed by atoms with van der Waals surface area (Å²) in [6, 6.07) is 5.48. The van der Waals surface area contributed by atoms with Crippen molar-refractivity contribution in [3.8, 4) is 0 Å². The molecule has 122 valence electrons. The monoisotopic (exact) mass is 326 g/mol.